The first-order valence-corrected chi connectivity index (χ1v) is 8.13. The van der Waals surface area contributed by atoms with E-state index in [9.17, 15) is 8.42 Å². The summed E-state index contributed by atoms with van der Waals surface area (Å²) < 4.78 is 33.5. The van der Waals surface area contributed by atoms with Crippen LogP contribution in [0, 0.1) is 5.92 Å². The highest BCUT2D eigenvalue weighted by molar-refractivity contribution is 7.89. The molecule has 6 nitrogen and oxygen atoms in total. The normalized spacial score (nSPS) is 13.8. The van der Waals surface area contributed by atoms with Crippen LogP contribution < -0.4 is 4.72 Å². The topological polar surface area (TPSA) is 77.1 Å². The van der Waals surface area contributed by atoms with Gasteiger partial charge in [0.1, 0.15) is 11.8 Å². The highest BCUT2D eigenvalue weighted by Gasteiger charge is 2.20. The summed E-state index contributed by atoms with van der Waals surface area (Å²) in [5, 5.41) is 4.16. The van der Waals surface area contributed by atoms with Gasteiger partial charge in [-0.1, -0.05) is 13.8 Å². The Morgan fingerprint density at radius 2 is 2.20 bits per heavy atom. The van der Waals surface area contributed by atoms with Gasteiger partial charge in [-0.05, 0) is 24.1 Å². The molecule has 110 valence electrons. The highest BCUT2D eigenvalue weighted by atomic mass is 32.2. The fourth-order valence-electron chi connectivity index (χ4n) is 1.97. The molecule has 1 atom stereocenters. The van der Waals surface area contributed by atoms with E-state index in [4.69, 9.17) is 4.42 Å². The number of sulfonamides is 1. The van der Waals surface area contributed by atoms with E-state index < -0.39 is 10.0 Å². The predicted molar refractivity (Wildman–Crippen MR) is 75.7 cm³/mol. The molecule has 0 bridgehead atoms. The predicted octanol–water partition coefficient (Wildman–Crippen LogP) is 1.64. The van der Waals surface area contributed by atoms with Crippen LogP contribution in [-0.2, 0) is 10.0 Å². The lowest BCUT2D eigenvalue weighted by molar-refractivity contribution is 0.402. The van der Waals surface area contributed by atoms with E-state index in [0.717, 1.165) is 0 Å². The molecule has 2 aromatic heterocycles. The molecule has 2 heterocycles. The lowest BCUT2D eigenvalue weighted by atomic mass is 10.2. The average Bonchev–Trinajstić information content (AvgIpc) is 2.98. The smallest absolute Gasteiger partial charge is 0.211 e. The van der Waals surface area contributed by atoms with Crippen LogP contribution in [0.1, 0.15) is 25.6 Å². The fourth-order valence-corrected chi connectivity index (χ4v) is 3.38. The van der Waals surface area contributed by atoms with Crippen molar-refractivity contribution in [2.24, 2.45) is 5.92 Å². The lowest BCUT2D eigenvalue weighted by Gasteiger charge is -2.16. The number of hydrogen-bond acceptors (Lipinski definition) is 4. The van der Waals surface area contributed by atoms with Crippen molar-refractivity contribution in [3.05, 3.63) is 42.6 Å². The Morgan fingerprint density at radius 3 is 2.75 bits per heavy atom. The second-order valence-electron chi connectivity index (χ2n) is 5.04. The minimum absolute atomic E-state index is 0.0827. The molecule has 0 aliphatic carbocycles. The molecule has 1 N–H and O–H groups in total. The number of furan rings is 1. The van der Waals surface area contributed by atoms with Crippen LogP contribution in [0.25, 0.3) is 0 Å². The molecule has 0 fully saturated rings. The maximum absolute atomic E-state index is 11.9. The van der Waals surface area contributed by atoms with Crippen molar-refractivity contribution < 1.29 is 12.8 Å². The zero-order valence-corrected chi connectivity index (χ0v) is 12.4. The zero-order valence-electron chi connectivity index (χ0n) is 11.6. The minimum Gasteiger partial charge on any atom is -0.467 e. The van der Waals surface area contributed by atoms with E-state index in [1.807, 2.05) is 19.9 Å². The van der Waals surface area contributed by atoms with Crippen molar-refractivity contribution in [1.29, 1.82) is 0 Å². The summed E-state index contributed by atoms with van der Waals surface area (Å²) in [6, 6.07) is 5.08. The quantitative estimate of drug-likeness (QED) is 0.843. The van der Waals surface area contributed by atoms with Crippen LogP contribution in [0.15, 0.2) is 41.3 Å². The SMILES string of the molecule is CC(C)CS(=O)(=O)NC[C@H](c1ccco1)n1cccn1. The van der Waals surface area contributed by atoms with Gasteiger partial charge in [0.15, 0.2) is 0 Å². The fraction of sp³-hybridized carbons (Fsp3) is 0.462. The first-order chi connectivity index (χ1) is 9.48. The molecule has 7 heteroatoms. The molecule has 0 saturated heterocycles. The molecule has 2 rings (SSSR count). The minimum atomic E-state index is -3.29. The summed E-state index contributed by atoms with van der Waals surface area (Å²) in [7, 11) is -3.29. The van der Waals surface area contributed by atoms with Gasteiger partial charge in [0.25, 0.3) is 0 Å². The molecule has 0 amide bonds. The third-order valence-electron chi connectivity index (χ3n) is 2.77. The van der Waals surface area contributed by atoms with E-state index in [2.05, 4.69) is 9.82 Å². The van der Waals surface area contributed by atoms with Gasteiger partial charge in [-0.15, -0.1) is 0 Å². The van der Waals surface area contributed by atoms with Crippen LogP contribution in [0.4, 0.5) is 0 Å². The number of hydrogen-bond donors (Lipinski definition) is 1. The van der Waals surface area contributed by atoms with Gasteiger partial charge in [-0.2, -0.15) is 5.10 Å². The molecule has 0 unspecified atom stereocenters. The second-order valence-corrected chi connectivity index (χ2v) is 6.89. The van der Waals surface area contributed by atoms with Gasteiger partial charge in [0.2, 0.25) is 10.0 Å². The van der Waals surface area contributed by atoms with E-state index in [-0.39, 0.29) is 24.3 Å². The van der Waals surface area contributed by atoms with Crippen LogP contribution in [0.3, 0.4) is 0 Å². The zero-order chi connectivity index (χ0) is 14.6. The van der Waals surface area contributed by atoms with Gasteiger partial charge in [-0.25, -0.2) is 13.1 Å². The van der Waals surface area contributed by atoms with Crippen LogP contribution >= 0.6 is 0 Å². The largest absolute Gasteiger partial charge is 0.467 e. The molecule has 0 aliphatic rings. The average molecular weight is 297 g/mol. The van der Waals surface area contributed by atoms with E-state index in [1.54, 1.807) is 35.5 Å². The third kappa shape index (κ3) is 3.94. The number of rotatable bonds is 7. The lowest BCUT2D eigenvalue weighted by Crippen LogP contribution is -2.34. The van der Waals surface area contributed by atoms with Crippen LogP contribution in [0.5, 0.6) is 0 Å². The Morgan fingerprint density at radius 1 is 1.40 bits per heavy atom. The molecule has 0 saturated carbocycles. The highest BCUT2D eigenvalue weighted by Crippen LogP contribution is 2.17. The maximum atomic E-state index is 11.9. The molecular formula is C13H19N3O3S. The van der Waals surface area contributed by atoms with Gasteiger partial charge in [0, 0.05) is 18.9 Å². The first kappa shape index (κ1) is 14.8. The first-order valence-electron chi connectivity index (χ1n) is 6.48. The standard InChI is InChI=1S/C13H19N3O3S/c1-11(2)10-20(17,18)15-9-12(13-5-3-8-19-13)16-7-4-6-14-16/h3-8,11-12,15H,9-10H2,1-2H3/t12-/m1/s1. The van der Waals surface area contributed by atoms with Crippen LogP contribution in [-0.4, -0.2) is 30.5 Å². The van der Waals surface area contributed by atoms with Gasteiger partial charge in [0.05, 0.1) is 12.0 Å². The summed E-state index contributed by atoms with van der Waals surface area (Å²) in [6.07, 6.45) is 5.00. The summed E-state index contributed by atoms with van der Waals surface area (Å²) in [5.74, 6) is 0.858. The Labute approximate surface area is 118 Å². The number of nitrogens with zero attached hydrogens (tertiary/aromatic N) is 2. The Hall–Kier alpha value is -1.60. The summed E-state index contributed by atoms with van der Waals surface area (Å²) in [6.45, 7) is 3.96. The monoisotopic (exact) mass is 297 g/mol. The molecular weight excluding hydrogens is 278 g/mol. The summed E-state index contributed by atoms with van der Waals surface area (Å²) in [4.78, 5) is 0. The summed E-state index contributed by atoms with van der Waals surface area (Å²) in [5.41, 5.74) is 0. The van der Waals surface area contributed by atoms with Crippen molar-refractivity contribution in [2.75, 3.05) is 12.3 Å². The number of nitrogens with one attached hydrogen (secondary N) is 1. The number of aromatic nitrogens is 2. The van der Waals surface area contributed by atoms with Crippen LogP contribution in [0.2, 0.25) is 0 Å². The van der Waals surface area contributed by atoms with Gasteiger partial charge < -0.3 is 4.42 Å². The van der Waals surface area contributed by atoms with Crippen molar-refractivity contribution in [2.45, 2.75) is 19.9 Å². The van der Waals surface area contributed by atoms with Crippen molar-refractivity contribution in [1.82, 2.24) is 14.5 Å². The van der Waals surface area contributed by atoms with Crippen molar-refractivity contribution in [3.8, 4) is 0 Å². The molecule has 0 aliphatic heterocycles. The molecule has 0 spiro atoms. The summed E-state index contributed by atoms with van der Waals surface area (Å²) >= 11 is 0. The Kier molecular flexibility index (Phi) is 4.61. The van der Waals surface area contributed by atoms with E-state index >= 15 is 0 Å². The second kappa shape index (κ2) is 6.23. The van der Waals surface area contributed by atoms with E-state index in [1.165, 1.54) is 0 Å². The van der Waals surface area contributed by atoms with Crippen molar-refractivity contribution >= 4 is 10.0 Å². The Balaban J connectivity index is 2.10. The third-order valence-corrected chi connectivity index (χ3v) is 4.48. The van der Waals surface area contributed by atoms with E-state index in [0.29, 0.717) is 5.76 Å². The Bertz CT molecular complexity index is 569. The van der Waals surface area contributed by atoms with Gasteiger partial charge >= 0.3 is 0 Å². The van der Waals surface area contributed by atoms with Crippen molar-refractivity contribution in [3.63, 3.8) is 0 Å². The molecule has 2 aromatic rings. The maximum Gasteiger partial charge on any atom is 0.211 e. The molecule has 0 aromatic carbocycles. The van der Waals surface area contributed by atoms with Gasteiger partial charge in [-0.3, -0.25) is 4.68 Å². The molecule has 0 radical (unpaired) electrons. The molecule has 20 heavy (non-hydrogen) atoms.